The van der Waals surface area contributed by atoms with Crippen molar-refractivity contribution in [3.63, 3.8) is 0 Å². The molecule has 126 valence electrons. The van der Waals surface area contributed by atoms with Crippen LogP contribution in [0.3, 0.4) is 0 Å². The van der Waals surface area contributed by atoms with Crippen LogP contribution in [0, 0.1) is 0 Å². The average Bonchev–Trinajstić information content (AvgIpc) is 2.92. The molecule has 0 aliphatic rings. The molecule has 1 heterocycles. The fourth-order valence-corrected chi connectivity index (χ4v) is 2.72. The smallest absolute Gasteiger partial charge is 0.271 e. The molecule has 0 fully saturated rings. The van der Waals surface area contributed by atoms with E-state index in [4.69, 9.17) is 17.3 Å². The van der Waals surface area contributed by atoms with Crippen LogP contribution >= 0.6 is 11.6 Å². The predicted molar refractivity (Wildman–Crippen MR) is 97.6 cm³/mol. The maximum Gasteiger partial charge on any atom is 0.271 e. The fraction of sp³-hybridized carbons (Fsp3) is 0.0556. The first-order valence-electron chi connectivity index (χ1n) is 7.50. The number of nitrogens with two attached hydrogens (primary N) is 1. The van der Waals surface area contributed by atoms with Gasteiger partial charge in [0.15, 0.2) is 0 Å². The molecular weight excluding hydrogens is 340 g/mol. The van der Waals surface area contributed by atoms with Crippen molar-refractivity contribution < 1.29 is 9.59 Å². The van der Waals surface area contributed by atoms with Crippen molar-refractivity contribution >= 4 is 40.5 Å². The number of hydrogen-bond acceptors (Lipinski definition) is 3. The molecule has 0 bridgehead atoms. The van der Waals surface area contributed by atoms with Gasteiger partial charge in [0.1, 0.15) is 6.54 Å². The molecule has 1 aromatic heterocycles. The number of rotatable bonds is 5. The molecule has 2 amide bonds. The SMILES string of the molecule is NC(=O)Cn1cc(/C=N\NC(=O)c2cccc(Cl)c2)c2ccccc21. The molecule has 0 saturated heterocycles. The molecule has 0 atom stereocenters. The first kappa shape index (κ1) is 16.7. The van der Waals surface area contributed by atoms with E-state index in [9.17, 15) is 9.59 Å². The lowest BCUT2D eigenvalue weighted by molar-refractivity contribution is -0.118. The van der Waals surface area contributed by atoms with Gasteiger partial charge >= 0.3 is 0 Å². The number of para-hydroxylation sites is 1. The summed E-state index contributed by atoms with van der Waals surface area (Å²) in [5.74, 6) is -0.793. The third kappa shape index (κ3) is 3.87. The number of hydrazone groups is 1. The minimum absolute atomic E-state index is 0.0726. The summed E-state index contributed by atoms with van der Waals surface area (Å²) in [5, 5.41) is 5.38. The summed E-state index contributed by atoms with van der Waals surface area (Å²) in [7, 11) is 0. The molecule has 0 unspecified atom stereocenters. The Morgan fingerprint density at radius 3 is 2.76 bits per heavy atom. The van der Waals surface area contributed by atoms with Gasteiger partial charge < -0.3 is 10.3 Å². The lowest BCUT2D eigenvalue weighted by Gasteiger charge is -2.00. The molecule has 6 nitrogen and oxygen atoms in total. The largest absolute Gasteiger partial charge is 0.368 e. The molecule has 0 aliphatic heterocycles. The Hall–Kier alpha value is -3.12. The molecule has 3 N–H and O–H groups in total. The van der Waals surface area contributed by atoms with Crippen LogP contribution in [0.15, 0.2) is 59.8 Å². The van der Waals surface area contributed by atoms with E-state index in [0.29, 0.717) is 10.6 Å². The molecule has 25 heavy (non-hydrogen) atoms. The van der Waals surface area contributed by atoms with Crippen LogP contribution in [0.2, 0.25) is 5.02 Å². The molecule has 0 spiro atoms. The number of nitrogens with zero attached hydrogens (tertiary/aromatic N) is 2. The van der Waals surface area contributed by atoms with Crippen molar-refractivity contribution in [3.8, 4) is 0 Å². The summed E-state index contributed by atoms with van der Waals surface area (Å²) >= 11 is 5.87. The van der Waals surface area contributed by atoms with Gasteiger partial charge in [-0.25, -0.2) is 5.43 Å². The number of amides is 2. The highest BCUT2D eigenvalue weighted by atomic mass is 35.5. The van der Waals surface area contributed by atoms with E-state index in [1.165, 1.54) is 6.21 Å². The first-order valence-corrected chi connectivity index (χ1v) is 7.87. The van der Waals surface area contributed by atoms with Crippen LogP contribution in [-0.2, 0) is 11.3 Å². The van der Waals surface area contributed by atoms with Crippen LogP contribution in [0.5, 0.6) is 0 Å². The maximum absolute atomic E-state index is 12.1. The van der Waals surface area contributed by atoms with Gasteiger partial charge in [0.05, 0.1) is 6.21 Å². The molecule has 2 aromatic carbocycles. The number of aromatic nitrogens is 1. The zero-order chi connectivity index (χ0) is 17.8. The van der Waals surface area contributed by atoms with Crippen molar-refractivity contribution in [2.75, 3.05) is 0 Å². The summed E-state index contributed by atoms with van der Waals surface area (Å²) < 4.78 is 1.75. The second kappa shape index (κ2) is 7.19. The lowest BCUT2D eigenvalue weighted by atomic mass is 10.2. The normalized spacial score (nSPS) is 11.1. The molecule has 0 radical (unpaired) electrons. The van der Waals surface area contributed by atoms with E-state index < -0.39 is 5.91 Å². The minimum Gasteiger partial charge on any atom is -0.368 e. The van der Waals surface area contributed by atoms with Gasteiger partial charge in [-0.2, -0.15) is 5.10 Å². The van der Waals surface area contributed by atoms with Crippen LogP contribution in [0.25, 0.3) is 10.9 Å². The summed E-state index contributed by atoms with van der Waals surface area (Å²) in [6.07, 6.45) is 3.30. The molecule has 3 rings (SSSR count). The Balaban J connectivity index is 1.81. The third-order valence-corrected chi connectivity index (χ3v) is 3.84. The van der Waals surface area contributed by atoms with Crippen molar-refractivity contribution in [3.05, 3.63) is 70.9 Å². The minimum atomic E-state index is -0.432. The van der Waals surface area contributed by atoms with Crippen molar-refractivity contribution in [1.29, 1.82) is 0 Å². The molecule has 3 aromatic rings. The van der Waals surface area contributed by atoms with Crippen molar-refractivity contribution in [2.24, 2.45) is 10.8 Å². The number of nitrogens with one attached hydrogen (secondary N) is 1. The monoisotopic (exact) mass is 354 g/mol. The van der Waals surface area contributed by atoms with Gasteiger partial charge in [0.25, 0.3) is 5.91 Å². The quantitative estimate of drug-likeness (QED) is 0.544. The van der Waals surface area contributed by atoms with Gasteiger partial charge in [-0.15, -0.1) is 0 Å². The maximum atomic E-state index is 12.1. The molecule has 0 saturated carbocycles. The number of benzene rings is 2. The highest BCUT2D eigenvalue weighted by Crippen LogP contribution is 2.19. The first-order chi connectivity index (χ1) is 12.0. The summed E-state index contributed by atoms with van der Waals surface area (Å²) in [5.41, 5.74) is 9.79. The Kier molecular flexibility index (Phi) is 4.81. The number of carbonyl (C=O) groups is 2. The fourth-order valence-electron chi connectivity index (χ4n) is 2.53. The zero-order valence-electron chi connectivity index (χ0n) is 13.1. The van der Waals surface area contributed by atoms with Crippen LogP contribution < -0.4 is 11.2 Å². The van der Waals surface area contributed by atoms with Gasteiger partial charge in [0.2, 0.25) is 5.91 Å². The number of fused-ring (bicyclic) bond motifs is 1. The lowest BCUT2D eigenvalue weighted by Crippen LogP contribution is -2.18. The summed E-state index contributed by atoms with van der Waals surface area (Å²) in [6, 6.07) is 14.2. The predicted octanol–water partition coefficient (Wildman–Crippen LogP) is 2.54. The number of primary amides is 1. The number of carbonyl (C=O) groups excluding carboxylic acids is 2. The van der Waals surface area contributed by atoms with Gasteiger partial charge in [0, 0.05) is 33.2 Å². The topological polar surface area (TPSA) is 89.5 Å². The molecule has 0 aliphatic carbocycles. The standard InChI is InChI=1S/C18H15ClN4O2/c19-14-5-3-4-12(8-14)18(25)22-21-9-13-10-23(11-17(20)24)16-7-2-1-6-15(13)16/h1-10H,11H2,(H2,20,24)(H,22,25)/b21-9-. The third-order valence-electron chi connectivity index (χ3n) is 3.60. The highest BCUT2D eigenvalue weighted by molar-refractivity contribution is 6.30. The van der Waals surface area contributed by atoms with Crippen LogP contribution in [0.1, 0.15) is 15.9 Å². The van der Waals surface area contributed by atoms with E-state index in [2.05, 4.69) is 10.5 Å². The Morgan fingerprint density at radius 2 is 2.00 bits per heavy atom. The number of hydrogen-bond donors (Lipinski definition) is 2. The van der Waals surface area contributed by atoms with Gasteiger partial charge in [-0.1, -0.05) is 35.9 Å². The van der Waals surface area contributed by atoms with Crippen molar-refractivity contribution in [2.45, 2.75) is 6.54 Å². The Morgan fingerprint density at radius 1 is 1.20 bits per heavy atom. The zero-order valence-corrected chi connectivity index (χ0v) is 13.9. The van der Waals surface area contributed by atoms with Crippen LogP contribution in [-0.4, -0.2) is 22.6 Å². The van der Waals surface area contributed by atoms with E-state index in [1.54, 1.807) is 35.0 Å². The van der Waals surface area contributed by atoms with Gasteiger partial charge in [-0.3, -0.25) is 9.59 Å². The molecular formula is C18H15ClN4O2. The second-order valence-electron chi connectivity index (χ2n) is 5.41. The average molecular weight is 355 g/mol. The van der Waals surface area contributed by atoms with Gasteiger partial charge in [-0.05, 0) is 24.3 Å². The van der Waals surface area contributed by atoms with E-state index in [0.717, 1.165) is 16.5 Å². The van der Waals surface area contributed by atoms with Crippen molar-refractivity contribution in [1.82, 2.24) is 9.99 Å². The highest BCUT2D eigenvalue weighted by Gasteiger charge is 2.09. The summed E-state index contributed by atoms with van der Waals surface area (Å²) in [6.45, 7) is 0.0726. The number of halogens is 1. The Labute approximate surface area is 148 Å². The van der Waals surface area contributed by atoms with Crippen LogP contribution in [0.4, 0.5) is 0 Å². The molecule has 7 heteroatoms. The van der Waals surface area contributed by atoms with E-state index in [1.807, 2.05) is 24.3 Å². The van der Waals surface area contributed by atoms with E-state index in [-0.39, 0.29) is 12.5 Å². The van der Waals surface area contributed by atoms with E-state index >= 15 is 0 Å². The second-order valence-corrected chi connectivity index (χ2v) is 5.84. The Bertz CT molecular complexity index is 978. The summed E-state index contributed by atoms with van der Waals surface area (Å²) in [4.78, 5) is 23.3.